The van der Waals surface area contributed by atoms with Crippen LogP contribution in [0.25, 0.3) is 0 Å². The summed E-state index contributed by atoms with van der Waals surface area (Å²) in [6, 6.07) is 18.6. The van der Waals surface area contributed by atoms with Gasteiger partial charge in [-0.15, -0.1) is 0 Å². The number of amides is 2. The number of esters is 1. The number of nitrogens with one attached hydrogen (secondary N) is 2. The van der Waals surface area contributed by atoms with Crippen LogP contribution in [-0.2, 0) is 9.59 Å². The lowest BCUT2D eigenvalue weighted by Crippen LogP contribution is -2.32. The second kappa shape index (κ2) is 11.8. The van der Waals surface area contributed by atoms with Gasteiger partial charge in [0.25, 0.3) is 0 Å². The second-order valence-corrected chi connectivity index (χ2v) is 7.97. The first-order chi connectivity index (χ1) is 16.4. The molecular formula is C25H22BrN3O5. The molecule has 0 spiro atoms. The lowest BCUT2D eigenvalue weighted by molar-refractivity contribution is -0.136. The molecule has 174 valence electrons. The van der Waals surface area contributed by atoms with Crippen LogP contribution in [-0.4, -0.2) is 30.6 Å². The molecule has 9 heteroatoms. The molecule has 3 aromatic carbocycles. The van der Waals surface area contributed by atoms with Gasteiger partial charge in [0.1, 0.15) is 11.5 Å². The number of nitrogens with zero attached hydrogens (tertiary/aromatic N) is 1. The van der Waals surface area contributed by atoms with Crippen LogP contribution in [0.4, 0.5) is 5.69 Å². The highest BCUT2D eigenvalue weighted by molar-refractivity contribution is 9.10. The molecule has 0 aromatic heterocycles. The zero-order chi connectivity index (χ0) is 24.5. The Morgan fingerprint density at radius 1 is 1.00 bits per heavy atom. The highest BCUT2D eigenvalue weighted by Gasteiger charge is 2.14. The SMILES string of the molecule is CCOc1ccc(NC(=O)C(=O)NN=Cc2cc(Br)ccc2OC(=O)c2cccc(C)c2)cc1. The average Bonchev–Trinajstić information content (AvgIpc) is 2.82. The zero-order valence-electron chi connectivity index (χ0n) is 18.5. The van der Waals surface area contributed by atoms with Gasteiger partial charge < -0.3 is 14.8 Å². The lowest BCUT2D eigenvalue weighted by atomic mass is 10.1. The van der Waals surface area contributed by atoms with Crippen molar-refractivity contribution < 1.29 is 23.9 Å². The fourth-order valence-corrected chi connectivity index (χ4v) is 3.22. The summed E-state index contributed by atoms with van der Waals surface area (Å²) < 4.78 is 11.5. The molecule has 2 amide bonds. The maximum atomic E-state index is 12.5. The predicted octanol–water partition coefficient (Wildman–Crippen LogP) is 4.46. The van der Waals surface area contributed by atoms with Crippen LogP contribution in [0.2, 0.25) is 0 Å². The molecular weight excluding hydrogens is 502 g/mol. The van der Waals surface area contributed by atoms with Crippen LogP contribution in [0, 0.1) is 6.92 Å². The summed E-state index contributed by atoms with van der Waals surface area (Å²) in [6.07, 6.45) is 1.28. The predicted molar refractivity (Wildman–Crippen MR) is 132 cm³/mol. The van der Waals surface area contributed by atoms with E-state index < -0.39 is 17.8 Å². The monoisotopic (exact) mass is 523 g/mol. The Kier molecular flexibility index (Phi) is 8.53. The van der Waals surface area contributed by atoms with E-state index in [1.165, 1.54) is 6.21 Å². The van der Waals surface area contributed by atoms with Crippen LogP contribution < -0.4 is 20.2 Å². The maximum Gasteiger partial charge on any atom is 0.343 e. The van der Waals surface area contributed by atoms with E-state index in [1.54, 1.807) is 60.7 Å². The minimum Gasteiger partial charge on any atom is -0.494 e. The number of hydrazone groups is 1. The zero-order valence-corrected chi connectivity index (χ0v) is 20.1. The van der Waals surface area contributed by atoms with Gasteiger partial charge in [0.2, 0.25) is 0 Å². The summed E-state index contributed by atoms with van der Waals surface area (Å²) in [4.78, 5) is 36.7. The van der Waals surface area contributed by atoms with Crippen molar-refractivity contribution in [1.82, 2.24) is 5.43 Å². The Hall–Kier alpha value is -3.98. The Morgan fingerprint density at radius 3 is 2.47 bits per heavy atom. The summed E-state index contributed by atoms with van der Waals surface area (Å²) in [5, 5.41) is 6.29. The smallest absolute Gasteiger partial charge is 0.343 e. The van der Waals surface area contributed by atoms with E-state index in [1.807, 2.05) is 19.9 Å². The number of hydrogen-bond donors (Lipinski definition) is 2. The van der Waals surface area contributed by atoms with E-state index in [-0.39, 0.29) is 5.75 Å². The van der Waals surface area contributed by atoms with E-state index in [4.69, 9.17) is 9.47 Å². The minimum atomic E-state index is -0.960. The van der Waals surface area contributed by atoms with Gasteiger partial charge in [-0.1, -0.05) is 33.6 Å². The maximum absolute atomic E-state index is 12.5. The molecule has 0 heterocycles. The number of hydrogen-bond acceptors (Lipinski definition) is 6. The van der Waals surface area contributed by atoms with Gasteiger partial charge in [-0.3, -0.25) is 9.59 Å². The summed E-state index contributed by atoms with van der Waals surface area (Å²) in [5.41, 5.74) is 4.35. The Labute approximate surface area is 205 Å². The average molecular weight is 524 g/mol. The van der Waals surface area contributed by atoms with E-state index >= 15 is 0 Å². The molecule has 2 N–H and O–H groups in total. The van der Waals surface area contributed by atoms with Crippen LogP contribution >= 0.6 is 15.9 Å². The molecule has 34 heavy (non-hydrogen) atoms. The van der Waals surface area contributed by atoms with Crippen molar-refractivity contribution in [2.75, 3.05) is 11.9 Å². The van der Waals surface area contributed by atoms with E-state index in [0.717, 1.165) is 5.56 Å². The second-order valence-electron chi connectivity index (χ2n) is 7.05. The molecule has 0 bridgehead atoms. The first-order valence-electron chi connectivity index (χ1n) is 10.3. The van der Waals surface area contributed by atoms with Crippen molar-refractivity contribution in [2.45, 2.75) is 13.8 Å². The van der Waals surface area contributed by atoms with Crippen molar-refractivity contribution in [2.24, 2.45) is 5.10 Å². The van der Waals surface area contributed by atoms with Gasteiger partial charge in [0.05, 0.1) is 18.4 Å². The standard InChI is InChI=1S/C25H22BrN3O5/c1-3-33-21-10-8-20(9-11-21)28-23(30)24(31)29-27-15-18-14-19(26)7-12-22(18)34-25(32)17-6-4-5-16(2)13-17/h4-15H,3H2,1-2H3,(H,28,30)(H,29,31). The van der Waals surface area contributed by atoms with Gasteiger partial charge >= 0.3 is 17.8 Å². The quantitative estimate of drug-likeness (QED) is 0.156. The molecule has 0 unspecified atom stereocenters. The molecule has 0 aliphatic rings. The number of carbonyl (C=O) groups is 3. The van der Waals surface area contributed by atoms with Crippen LogP contribution in [0.15, 0.2) is 76.3 Å². The highest BCUT2D eigenvalue weighted by atomic mass is 79.9. The van der Waals surface area contributed by atoms with Crippen LogP contribution in [0.5, 0.6) is 11.5 Å². The molecule has 3 rings (SSSR count). The van der Waals surface area contributed by atoms with Crippen molar-refractivity contribution in [1.29, 1.82) is 0 Å². The number of carbonyl (C=O) groups excluding carboxylic acids is 3. The number of ether oxygens (including phenoxy) is 2. The summed E-state index contributed by atoms with van der Waals surface area (Å²) in [7, 11) is 0. The van der Waals surface area contributed by atoms with Gasteiger partial charge in [-0.05, 0) is 68.4 Å². The fraction of sp³-hybridized carbons (Fsp3) is 0.120. The third-order valence-corrected chi connectivity index (χ3v) is 4.92. The van der Waals surface area contributed by atoms with Crippen LogP contribution in [0.1, 0.15) is 28.4 Å². The summed E-state index contributed by atoms with van der Waals surface area (Å²) in [6.45, 7) is 4.27. The molecule has 0 radical (unpaired) electrons. The Morgan fingerprint density at radius 2 is 1.76 bits per heavy atom. The van der Waals surface area contributed by atoms with Crippen LogP contribution in [0.3, 0.4) is 0 Å². The normalized spacial score (nSPS) is 10.6. The van der Waals surface area contributed by atoms with E-state index in [0.29, 0.717) is 33.6 Å². The molecule has 0 atom stereocenters. The number of rotatable bonds is 7. The topological polar surface area (TPSA) is 106 Å². The van der Waals surface area contributed by atoms with Gasteiger partial charge in [-0.25, -0.2) is 10.2 Å². The molecule has 8 nitrogen and oxygen atoms in total. The molecule has 0 aliphatic carbocycles. The first kappa shape index (κ1) is 24.7. The van der Waals surface area contributed by atoms with Gasteiger partial charge in [0.15, 0.2) is 0 Å². The van der Waals surface area contributed by atoms with Crippen molar-refractivity contribution >= 4 is 45.6 Å². The third kappa shape index (κ3) is 7.01. The highest BCUT2D eigenvalue weighted by Crippen LogP contribution is 2.23. The molecule has 0 saturated heterocycles. The van der Waals surface area contributed by atoms with E-state index in [9.17, 15) is 14.4 Å². The van der Waals surface area contributed by atoms with Crippen molar-refractivity contribution in [3.63, 3.8) is 0 Å². The number of aryl methyl sites for hydroxylation is 1. The molecule has 0 aliphatic heterocycles. The van der Waals surface area contributed by atoms with Crippen molar-refractivity contribution in [3.8, 4) is 11.5 Å². The Balaban J connectivity index is 1.63. The molecule has 3 aromatic rings. The summed E-state index contributed by atoms with van der Waals surface area (Å²) >= 11 is 3.35. The number of anilines is 1. The third-order valence-electron chi connectivity index (χ3n) is 4.43. The number of halogens is 1. The molecule has 0 saturated carbocycles. The molecule has 0 fully saturated rings. The van der Waals surface area contributed by atoms with Crippen molar-refractivity contribution in [3.05, 3.63) is 87.9 Å². The van der Waals surface area contributed by atoms with Gasteiger partial charge in [-0.2, -0.15) is 5.10 Å². The lowest BCUT2D eigenvalue weighted by Gasteiger charge is -2.09. The Bertz CT molecular complexity index is 1230. The minimum absolute atomic E-state index is 0.242. The number of benzene rings is 3. The largest absolute Gasteiger partial charge is 0.494 e. The first-order valence-corrected chi connectivity index (χ1v) is 11.1. The van der Waals surface area contributed by atoms with E-state index in [2.05, 4.69) is 31.8 Å². The summed E-state index contributed by atoms with van der Waals surface area (Å²) in [5.74, 6) is -1.48. The fourth-order valence-electron chi connectivity index (χ4n) is 2.84. The van der Waals surface area contributed by atoms with Gasteiger partial charge in [0, 0.05) is 15.7 Å².